The fraction of sp³-hybridized carbons (Fsp3) is 0.167. The zero-order chi connectivity index (χ0) is 8.27. The Labute approximate surface area is 73.2 Å². The standard InChI is InChI=1S/C6H5ClN2OS/c1-11-6-8-3-2-4(9-6)5(7)10/h2-3H,1H3. The topological polar surface area (TPSA) is 42.9 Å². The summed E-state index contributed by atoms with van der Waals surface area (Å²) in [6, 6.07) is 1.48. The van der Waals surface area contributed by atoms with Gasteiger partial charge in [-0.2, -0.15) is 0 Å². The predicted molar refractivity (Wildman–Crippen MR) is 44.0 cm³/mol. The fourth-order valence-corrected chi connectivity index (χ4v) is 1.01. The Morgan fingerprint density at radius 3 is 3.00 bits per heavy atom. The second-order valence-electron chi connectivity index (χ2n) is 1.70. The van der Waals surface area contributed by atoms with Crippen molar-refractivity contribution in [1.29, 1.82) is 0 Å². The van der Waals surface area contributed by atoms with Gasteiger partial charge in [0.05, 0.1) is 0 Å². The summed E-state index contributed by atoms with van der Waals surface area (Å²) in [4.78, 5) is 18.3. The van der Waals surface area contributed by atoms with E-state index >= 15 is 0 Å². The molecule has 0 aromatic carbocycles. The number of aromatic nitrogens is 2. The van der Waals surface area contributed by atoms with Crippen LogP contribution in [0.4, 0.5) is 0 Å². The minimum absolute atomic E-state index is 0.242. The maximum atomic E-state index is 10.6. The van der Waals surface area contributed by atoms with Gasteiger partial charge in [0.1, 0.15) is 5.69 Å². The van der Waals surface area contributed by atoms with Gasteiger partial charge >= 0.3 is 0 Å². The van der Waals surface area contributed by atoms with E-state index in [1.165, 1.54) is 24.0 Å². The Morgan fingerprint density at radius 2 is 2.45 bits per heavy atom. The molecule has 0 aliphatic heterocycles. The number of hydrogen-bond donors (Lipinski definition) is 0. The molecule has 0 bridgehead atoms. The molecule has 0 spiro atoms. The van der Waals surface area contributed by atoms with Crippen LogP contribution < -0.4 is 0 Å². The van der Waals surface area contributed by atoms with Gasteiger partial charge in [0.2, 0.25) is 0 Å². The predicted octanol–water partition coefficient (Wildman–Crippen LogP) is 1.58. The average Bonchev–Trinajstić information content (AvgIpc) is 2.05. The lowest BCUT2D eigenvalue weighted by Crippen LogP contribution is -1.95. The summed E-state index contributed by atoms with van der Waals surface area (Å²) < 4.78 is 0. The summed E-state index contributed by atoms with van der Waals surface area (Å²) in [6.45, 7) is 0. The van der Waals surface area contributed by atoms with Crippen LogP contribution in [0.1, 0.15) is 10.5 Å². The van der Waals surface area contributed by atoms with E-state index in [4.69, 9.17) is 11.6 Å². The Bertz CT molecular complexity index is 279. The third kappa shape index (κ3) is 2.17. The molecule has 1 aromatic rings. The van der Waals surface area contributed by atoms with Crippen LogP contribution in [0.5, 0.6) is 0 Å². The molecular formula is C6H5ClN2OS. The molecule has 0 radical (unpaired) electrons. The molecule has 1 heterocycles. The van der Waals surface area contributed by atoms with E-state index in [9.17, 15) is 4.79 Å². The molecule has 58 valence electrons. The number of halogens is 1. The van der Waals surface area contributed by atoms with Crippen LogP contribution in [-0.2, 0) is 0 Å². The van der Waals surface area contributed by atoms with Crippen molar-refractivity contribution >= 4 is 28.6 Å². The molecule has 0 atom stereocenters. The fourth-order valence-electron chi connectivity index (χ4n) is 0.549. The Hall–Kier alpha value is -0.610. The summed E-state index contributed by atoms with van der Waals surface area (Å²) in [5.74, 6) is 0. The first kappa shape index (κ1) is 8.49. The first-order valence-corrected chi connectivity index (χ1v) is 4.41. The van der Waals surface area contributed by atoms with Crippen LogP contribution in [-0.4, -0.2) is 21.5 Å². The van der Waals surface area contributed by atoms with Crippen LogP contribution in [0.3, 0.4) is 0 Å². The van der Waals surface area contributed by atoms with Crippen molar-refractivity contribution in [2.75, 3.05) is 6.26 Å². The summed E-state index contributed by atoms with van der Waals surface area (Å²) in [7, 11) is 0. The van der Waals surface area contributed by atoms with E-state index in [-0.39, 0.29) is 5.69 Å². The first-order chi connectivity index (χ1) is 5.24. The molecule has 0 saturated carbocycles. The molecule has 1 aromatic heterocycles. The summed E-state index contributed by atoms with van der Waals surface area (Å²) >= 11 is 6.56. The van der Waals surface area contributed by atoms with Crippen LogP contribution in [0, 0.1) is 0 Å². The van der Waals surface area contributed by atoms with Crippen LogP contribution in [0.15, 0.2) is 17.4 Å². The highest BCUT2D eigenvalue weighted by Crippen LogP contribution is 2.08. The van der Waals surface area contributed by atoms with Gasteiger partial charge in [-0.25, -0.2) is 9.97 Å². The minimum Gasteiger partial charge on any atom is -0.274 e. The molecular weight excluding hydrogens is 184 g/mol. The van der Waals surface area contributed by atoms with Crippen molar-refractivity contribution in [2.24, 2.45) is 0 Å². The van der Waals surface area contributed by atoms with E-state index in [1.807, 2.05) is 6.26 Å². The highest BCUT2D eigenvalue weighted by Gasteiger charge is 2.03. The number of thioether (sulfide) groups is 1. The first-order valence-electron chi connectivity index (χ1n) is 2.81. The maximum Gasteiger partial charge on any atom is 0.270 e. The second-order valence-corrected chi connectivity index (χ2v) is 2.82. The normalized spacial score (nSPS) is 9.64. The quantitative estimate of drug-likeness (QED) is 0.402. The highest BCUT2D eigenvalue weighted by atomic mass is 35.5. The lowest BCUT2D eigenvalue weighted by molar-refractivity contribution is 0.107. The maximum absolute atomic E-state index is 10.6. The largest absolute Gasteiger partial charge is 0.274 e. The van der Waals surface area contributed by atoms with Gasteiger partial charge in [0.15, 0.2) is 5.16 Å². The Morgan fingerprint density at radius 1 is 1.73 bits per heavy atom. The lowest BCUT2D eigenvalue weighted by Gasteiger charge is -1.94. The Kier molecular flexibility index (Phi) is 2.84. The van der Waals surface area contributed by atoms with Crippen molar-refractivity contribution in [1.82, 2.24) is 9.97 Å². The van der Waals surface area contributed by atoms with Crippen molar-refractivity contribution < 1.29 is 4.79 Å². The van der Waals surface area contributed by atoms with Gasteiger partial charge in [-0.1, -0.05) is 11.8 Å². The van der Waals surface area contributed by atoms with Crippen molar-refractivity contribution in [3.8, 4) is 0 Å². The molecule has 0 aliphatic carbocycles. The number of rotatable bonds is 2. The van der Waals surface area contributed by atoms with Gasteiger partial charge in [0.25, 0.3) is 5.24 Å². The van der Waals surface area contributed by atoms with E-state index in [0.717, 1.165) is 0 Å². The monoisotopic (exact) mass is 188 g/mol. The van der Waals surface area contributed by atoms with E-state index in [1.54, 1.807) is 0 Å². The molecule has 0 N–H and O–H groups in total. The average molecular weight is 189 g/mol. The number of carbonyl (C=O) groups is 1. The van der Waals surface area contributed by atoms with Crippen LogP contribution >= 0.6 is 23.4 Å². The van der Waals surface area contributed by atoms with E-state index in [0.29, 0.717) is 5.16 Å². The molecule has 5 heteroatoms. The summed E-state index contributed by atoms with van der Waals surface area (Å²) in [5.41, 5.74) is 0.242. The highest BCUT2D eigenvalue weighted by molar-refractivity contribution is 7.98. The zero-order valence-electron chi connectivity index (χ0n) is 5.74. The molecule has 1 rings (SSSR count). The van der Waals surface area contributed by atoms with Crippen molar-refractivity contribution in [3.63, 3.8) is 0 Å². The molecule has 0 amide bonds. The van der Waals surface area contributed by atoms with Gasteiger partial charge in [-0.3, -0.25) is 4.79 Å². The molecule has 11 heavy (non-hydrogen) atoms. The molecule has 0 saturated heterocycles. The molecule has 3 nitrogen and oxygen atoms in total. The van der Waals surface area contributed by atoms with E-state index < -0.39 is 5.24 Å². The third-order valence-corrected chi connectivity index (χ3v) is 1.77. The van der Waals surface area contributed by atoms with Crippen LogP contribution in [0.25, 0.3) is 0 Å². The van der Waals surface area contributed by atoms with Crippen molar-refractivity contribution in [2.45, 2.75) is 5.16 Å². The smallest absolute Gasteiger partial charge is 0.270 e. The van der Waals surface area contributed by atoms with Gasteiger partial charge in [0, 0.05) is 6.20 Å². The SMILES string of the molecule is CSc1nccc(C(=O)Cl)n1. The molecule has 0 aliphatic rings. The van der Waals surface area contributed by atoms with Crippen molar-refractivity contribution in [3.05, 3.63) is 18.0 Å². The van der Waals surface area contributed by atoms with Gasteiger partial charge in [-0.05, 0) is 23.9 Å². The lowest BCUT2D eigenvalue weighted by atomic mass is 10.4. The third-order valence-electron chi connectivity index (χ3n) is 1.02. The van der Waals surface area contributed by atoms with Gasteiger partial charge < -0.3 is 0 Å². The molecule has 0 unspecified atom stereocenters. The van der Waals surface area contributed by atoms with E-state index in [2.05, 4.69) is 9.97 Å². The van der Waals surface area contributed by atoms with Gasteiger partial charge in [-0.15, -0.1) is 0 Å². The number of hydrogen-bond acceptors (Lipinski definition) is 4. The number of nitrogens with zero attached hydrogens (tertiary/aromatic N) is 2. The summed E-state index contributed by atoms with van der Waals surface area (Å²) in [6.07, 6.45) is 3.34. The summed E-state index contributed by atoms with van der Waals surface area (Å²) in [5, 5.41) is -0.000741. The second kappa shape index (κ2) is 3.69. The molecule has 0 fully saturated rings. The Balaban J connectivity index is 3.01. The zero-order valence-corrected chi connectivity index (χ0v) is 7.32. The minimum atomic E-state index is -0.553. The number of carbonyl (C=O) groups excluding carboxylic acids is 1. The van der Waals surface area contributed by atoms with Crippen LogP contribution in [0.2, 0.25) is 0 Å².